The Hall–Kier alpha value is -3.38. The standard InChI is InChI=1S/C29H18S2/c1-19-7-15-24-26(17-19)30-29-25-16-12-21(18-27(25)31-28(24)29)9-8-20-10-13-23(14-11-20)22-5-3-2-4-6-22/h2-7,10-18H,1H3. The zero-order valence-electron chi connectivity index (χ0n) is 17.0. The lowest BCUT2D eigenvalue weighted by Gasteiger charge is -2.00. The van der Waals surface area contributed by atoms with Gasteiger partial charge in [-0.25, -0.2) is 0 Å². The van der Waals surface area contributed by atoms with Crippen LogP contribution in [-0.2, 0) is 0 Å². The molecule has 0 fully saturated rings. The van der Waals surface area contributed by atoms with Crippen LogP contribution in [0, 0.1) is 18.8 Å². The zero-order chi connectivity index (χ0) is 20.8. The van der Waals surface area contributed by atoms with Crippen LogP contribution in [-0.4, -0.2) is 0 Å². The number of aryl methyl sites for hydroxylation is 1. The maximum Gasteiger partial charge on any atom is 0.0542 e. The summed E-state index contributed by atoms with van der Waals surface area (Å²) in [7, 11) is 0. The SMILES string of the molecule is Cc1ccc2c(c1)sc1c3ccc(C#Cc4ccc(-c5ccccc5)cc4)cc3sc21. The smallest absolute Gasteiger partial charge is 0.0542 e. The number of benzene rings is 4. The van der Waals surface area contributed by atoms with Gasteiger partial charge in [-0.3, -0.25) is 0 Å². The number of thiophene rings is 2. The minimum Gasteiger partial charge on any atom is -0.134 e. The minimum absolute atomic E-state index is 1.04. The number of hydrogen-bond donors (Lipinski definition) is 0. The summed E-state index contributed by atoms with van der Waals surface area (Å²) >= 11 is 3.78. The van der Waals surface area contributed by atoms with Gasteiger partial charge in [0.25, 0.3) is 0 Å². The van der Waals surface area contributed by atoms with Crippen LogP contribution in [0.1, 0.15) is 16.7 Å². The molecule has 6 aromatic rings. The van der Waals surface area contributed by atoms with Crippen molar-refractivity contribution in [2.24, 2.45) is 0 Å². The van der Waals surface area contributed by atoms with Gasteiger partial charge in [0.1, 0.15) is 0 Å². The Bertz CT molecular complexity index is 1620. The van der Waals surface area contributed by atoms with E-state index in [0.29, 0.717) is 0 Å². The van der Waals surface area contributed by atoms with Gasteiger partial charge in [0, 0.05) is 31.3 Å². The second-order valence-electron chi connectivity index (χ2n) is 7.77. The zero-order valence-corrected chi connectivity index (χ0v) is 18.6. The highest BCUT2D eigenvalue weighted by atomic mass is 32.1. The third kappa shape index (κ3) is 3.33. The van der Waals surface area contributed by atoms with E-state index in [-0.39, 0.29) is 0 Å². The van der Waals surface area contributed by atoms with Crippen LogP contribution >= 0.6 is 22.7 Å². The first-order chi connectivity index (χ1) is 15.2. The third-order valence-corrected chi connectivity index (χ3v) is 8.08. The fourth-order valence-corrected chi connectivity index (χ4v) is 6.75. The normalized spacial score (nSPS) is 11.1. The van der Waals surface area contributed by atoms with Gasteiger partial charge in [-0.2, -0.15) is 0 Å². The first-order valence-electron chi connectivity index (χ1n) is 10.3. The summed E-state index contributed by atoms with van der Waals surface area (Å²) in [5.41, 5.74) is 5.86. The van der Waals surface area contributed by atoms with E-state index in [1.54, 1.807) is 0 Å². The Balaban J connectivity index is 1.34. The van der Waals surface area contributed by atoms with Crippen molar-refractivity contribution in [1.82, 2.24) is 0 Å². The number of hydrogen-bond acceptors (Lipinski definition) is 2. The van der Waals surface area contributed by atoms with Crippen molar-refractivity contribution in [2.75, 3.05) is 0 Å². The molecule has 146 valence electrons. The van der Waals surface area contributed by atoms with Crippen molar-refractivity contribution in [3.8, 4) is 23.0 Å². The molecular weight excluding hydrogens is 412 g/mol. The molecule has 0 amide bonds. The first kappa shape index (κ1) is 18.4. The monoisotopic (exact) mass is 430 g/mol. The van der Waals surface area contributed by atoms with Gasteiger partial charge >= 0.3 is 0 Å². The van der Waals surface area contributed by atoms with Crippen molar-refractivity contribution < 1.29 is 0 Å². The molecule has 0 spiro atoms. The van der Waals surface area contributed by atoms with Gasteiger partial charge in [0.2, 0.25) is 0 Å². The molecule has 0 saturated carbocycles. The molecule has 6 rings (SSSR count). The second kappa shape index (κ2) is 7.39. The molecule has 4 aromatic carbocycles. The van der Waals surface area contributed by atoms with Gasteiger partial charge in [-0.05, 0) is 53.9 Å². The molecule has 0 bridgehead atoms. The Morgan fingerprint density at radius 3 is 1.87 bits per heavy atom. The van der Waals surface area contributed by atoms with E-state index in [4.69, 9.17) is 0 Å². The van der Waals surface area contributed by atoms with E-state index >= 15 is 0 Å². The molecule has 0 radical (unpaired) electrons. The molecule has 0 aliphatic heterocycles. The minimum atomic E-state index is 1.04. The summed E-state index contributed by atoms with van der Waals surface area (Å²) in [6.07, 6.45) is 0. The summed E-state index contributed by atoms with van der Waals surface area (Å²) in [6.45, 7) is 2.16. The largest absolute Gasteiger partial charge is 0.134 e. The highest BCUT2D eigenvalue weighted by molar-refractivity contribution is 7.36. The van der Waals surface area contributed by atoms with Crippen molar-refractivity contribution in [2.45, 2.75) is 6.92 Å². The van der Waals surface area contributed by atoms with E-state index in [2.05, 4.69) is 104 Å². The molecule has 0 unspecified atom stereocenters. The maximum absolute atomic E-state index is 3.35. The van der Waals surface area contributed by atoms with Crippen molar-refractivity contribution in [3.63, 3.8) is 0 Å². The highest BCUT2D eigenvalue weighted by Crippen LogP contribution is 2.44. The fourth-order valence-electron chi connectivity index (χ4n) is 3.96. The van der Waals surface area contributed by atoms with E-state index in [1.165, 1.54) is 46.3 Å². The Morgan fingerprint density at radius 2 is 1.13 bits per heavy atom. The van der Waals surface area contributed by atoms with Crippen molar-refractivity contribution in [3.05, 3.63) is 108 Å². The van der Waals surface area contributed by atoms with Crippen LogP contribution in [0.25, 0.3) is 40.7 Å². The van der Waals surface area contributed by atoms with Crippen LogP contribution in [0.2, 0.25) is 0 Å². The summed E-state index contributed by atoms with van der Waals surface area (Å²) in [5, 5.41) is 2.72. The van der Waals surface area contributed by atoms with Crippen molar-refractivity contribution in [1.29, 1.82) is 0 Å². The van der Waals surface area contributed by atoms with Gasteiger partial charge < -0.3 is 0 Å². The van der Waals surface area contributed by atoms with E-state index in [9.17, 15) is 0 Å². The van der Waals surface area contributed by atoms with Crippen LogP contribution in [0.4, 0.5) is 0 Å². The van der Waals surface area contributed by atoms with E-state index < -0.39 is 0 Å². The molecule has 0 N–H and O–H groups in total. The topological polar surface area (TPSA) is 0 Å². The Labute approximate surface area is 189 Å². The number of rotatable bonds is 1. The lowest BCUT2D eigenvalue weighted by Crippen LogP contribution is -1.79. The van der Waals surface area contributed by atoms with E-state index in [1.807, 2.05) is 28.7 Å². The number of fused-ring (bicyclic) bond motifs is 5. The van der Waals surface area contributed by atoms with Gasteiger partial charge in [-0.15, -0.1) is 22.7 Å². The van der Waals surface area contributed by atoms with Gasteiger partial charge in [-0.1, -0.05) is 72.5 Å². The third-order valence-electron chi connectivity index (χ3n) is 5.58. The van der Waals surface area contributed by atoms with Crippen LogP contribution in [0.5, 0.6) is 0 Å². The predicted octanol–water partition coefficient (Wildman–Crippen LogP) is 8.64. The molecule has 31 heavy (non-hydrogen) atoms. The summed E-state index contributed by atoms with van der Waals surface area (Å²) in [4.78, 5) is 0. The average Bonchev–Trinajstić information content (AvgIpc) is 3.33. The molecule has 2 heteroatoms. The second-order valence-corrected chi connectivity index (χ2v) is 9.87. The summed E-state index contributed by atoms with van der Waals surface area (Å²) in [5.74, 6) is 6.68. The van der Waals surface area contributed by atoms with Gasteiger partial charge in [0.15, 0.2) is 0 Å². The first-order valence-corrected chi connectivity index (χ1v) is 11.9. The van der Waals surface area contributed by atoms with Crippen LogP contribution < -0.4 is 0 Å². The molecule has 0 aliphatic rings. The van der Waals surface area contributed by atoms with E-state index in [0.717, 1.165) is 11.1 Å². The maximum atomic E-state index is 3.35. The van der Waals surface area contributed by atoms with Gasteiger partial charge in [0.05, 0.1) is 9.40 Å². The van der Waals surface area contributed by atoms with Crippen LogP contribution in [0.3, 0.4) is 0 Å². The average molecular weight is 431 g/mol. The Kier molecular flexibility index (Phi) is 4.39. The quantitative estimate of drug-likeness (QED) is 0.229. The lowest BCUT2D eigenvalue weighted by molar-refractivity contribution is 1.52. The summed E-state index contributed by atoms with van der Waals surface area (Å²) < 4.78 is 5.49. The predicted molar refractivity (Wildman–Crippen MR) is 137 cm³/mol. The fraction of sp³-hybridized carbons (Fsp3) is 0.0345. The molecule has 0 atom stereocenters. The molecule has 2 heterocycles. The summed E-state index contributed by atoms with van der Waals surface area (Å²) in [6, 6.07) is 32.3. The van der Waals surface area contributed by atoms with Crippen LogP contribution in [0.15, 0.2) is 91.0 Å². The molecule has 0 aliphatic carbocycles. The highest BCUT2D eigenvalue weighted by Gasteiger charge is 2.12. The molecular formula is C29H18S2. The Morgan fingerprint density at radius 1 is 0.548 bits per heavy atom. The lowest BCUT2D eigenvalue weighted by atomic mass is 10.0. The molecule has 2 aromatic heterocycles. The molecule has 0 saturated heterocycles. The molecule has 0 nitrogen and oxygen atoms in total. The van der Waals surface area contributed by atoms with Crippen molar-refractivity contribution >= 4 is 52.2 Å².